The van der Waals surface area contributed by atoms with E-state index in [-0.39, 0.29) is 11.0 Å². The van der Waals surface area contributed by atoms with Crippen LogP contribution in [0.4, 0.5) is 5.69 Å². The zero-order valence-electron chi connectivity index (χ0n) is 12.8. The Bertz CT molecular complexity index is 699. The quantitative estimate of drug-likeness (QED) is 0.910. The summed E-state index contributed by atoms with van der Waals surface area (Å²) in [6.45, 7) is 5.33. The maximum absolute atomic E-state index is 12.1. The molecular weight excluding hydrogens is 262 g/mol. The highest BCUT2D eigenvalue weighted by Crippen LogP contribution is 2.27. The number of hydrogen-bond donors (Lipinski definition) is 2. The average Bonchev–Trinajstić information content (AvgIpc) is 2.50. The molecule has 3 rings (SSSR count). The zero-order chi connectivity index (χ0) is 14.9. The molecule has 1 aliphatic heterocycles. The molecule has 4 heteroatoms. The Labute approximate surface area is 125 Å². The molecule has 1 aromatic heterocycles. The Kier molecular flexibility index (Phi) is 3.72. The van der Waals surface area contributed by atoms with Gasteiger partial charge in [0.15, 0.2) is 0 Å². The summed E-state index contributed by atoms with van der Waals surface area (Å²) in [6, 6.07) is 9.76. The third-order valence-electron chi connectivity index (χ3n) is 4.55. The summed E-state index contributed by atoms with van der Waals surface area (Å²) in [5.74, 6) is 0. The van der Waals surface area contributed by atoms with Gasteiger partial charge in [-0.05, 0) is 30.9 Å². The molecule has 112 valence electrons. The van der Waals surface area contributed by atoms with Gasteiger partial charge in [-0.1, -0.05) is 25.1 Å². The summed E-state index contributed by atoms with van der Waals surface area (Å²) in [6.07, 6.45) is 2.44. The molecule has 2 aromatic rings. The predicted octanol–water partition coefficient (Wildman–Crippen LogP) is 2.34. The largest absolute Gasteiger partial charge is 0.384 e. The molecule has 0 amide bonds. The van der Waals surface area contributed by atoms with E-state index in [1.807, 2.05) is 25.2 Å². The molecule has 0 aliphatic carbocycles. The fourth-order valence-electron chi connectivity index (χ4n) is 3.14. The maximum Gasteiger partial charge on any atom is 0.252 e. The van der Waals surface area contributed by atoms with E-state index >= 15 is 0 Å². The first kappa shape index (κ1) is 14.1. The second kappa shape index (κ2) is 5.53. The summed E-state index contributed by atoms with van der Waals surface area (Å²) in [4.78, 5) is 12.1. The van der Waals surface area contributed by atoms with E-state index in [2.05, 4.69) is 23.6 Å². The molecule has 1 saturated heterocycles. The van der Waals surface area contributed by atoms with Gasteiger partial charge in [-0.15, -0.1) is 0 Å². The van der Waals surface area contributed by atoms with Crippen molar-refractivity contribution in [2.45, 2.75) is 19.8 Å². The minimum atomic E-state index is 0.0307. The van der Waals surface area contributed by atoms with Crippen molar-refractivity contribution in [1.82, 2.24) is 9.88 Å². The molecule has 1 aliphatic rings. The van der Waals surface area contributed by atoms with Crippen molar-refractivity contribution in [3.63, 3.8) is 0 Å². The Balaban J connectivity index is 1.90. The number of anilines is 1. The van der Waals surface area contributed by atoms with Gasteiger partial charge in [-0.25, -0.2) is 0 Å². The van der Waals surface area contributed by atoms with Crippen molar-refractivity contribution >= 4 is 16.6 Å². The van der Waals surface area contributed by atoms with Crippen molar-refractivity contribution < 1.29 is 0 Å². The summed E-state index contributed by atoms with van der Waals surface area (Å²) < 4.78 is 1.70. The number of nitrogens with zero attached hydrogens (tertiary/aromatic N) is 1. The summed E-state index contributed by atoms with van der Waals surface area (Å²) in [5, 5.41) is 8.08. The number of piperidine rings is 1. The lowest BCUT2D eigenvalue weighted by molar-refractivity contribution is 0.253. The fraction of sp³-hybridized carbons (Fsp3) is 0.471. The van der Waals surface area contributed by atoms with Gasteiger partial charge >= 0.3 is 0 Å². The molecule has 2 heterocycles. The van der Waals surface area contributed by atoms with Crippen LogP contribution < -0.4 is 16.2 Å². The van der Waals surface area contributed by atoms with E-state index in [0.717, 1.165) is 36.2 Å². The van der Waals surface area contributed by atoms with Crippen LogP contribution in [0.1, 0.15) is 19.8 Å². The molecule has 0 saturated carbocycles. The summed E-state index contributed by atoms with van der Waals surface area (Å²) in [7, 11) is 1.82. The van der Waals surface area contributed by atoms with Crippen LogP contribution in [0.5, 0.6) is 0 Å². The highest BCUT2D eigenvalue weighted by molar-refractivity contribution is 5.91. The molecule has 1 atom stereocenters. The molecule has 21 heavy (non-hydrogen) atoms. The number of hydrogen-bond acceptors (Lipinski definition) is 3. The standard InChI is InChI=1S/C17H23N3O/c1-17(8-5-9-18-11-17)12-19-14-10-16(21)20(2)15-7-4-3-6-13(14)15/h3-4,6-7,10,18-19H,5,8-9,11-12H2,1-2H3. The monoisotopic (exact) mass is 285 g/mol. The number of rotatable bonds is 3. The lowest BCUT2D eigenvalue weighted by atomic mass is 9.83. The number of para-hydroxylation sites is 1. The third-order valence-corrected chi connectivity index (χ3v) is 4.55. The summed E-state index contributed by atoms with van der Waals surface area (Å²) in [5.41, 5.74) is 2.20. The molecule has 1 fully saturated rings. The minimum absolute atomic E-state index is 0.0307. The van der Waals surface area contributed by atoms with Crippen LogP contribution in [0, 0.1) is 5.41 Å². The normalized spacial score (nSPS) is 22.4. The first-order valence-electron chi connectivity index (χ1n) is 7.62. The number of aryl methyl sites for hydroxylation is 1. The van der Waals surface area contributed by atoms with E-state index < -0.39 is 0 Å². The van der Waals surface area contributed by atoms with Crippen LogP contribution in [0.3, 0.4) is 0 Å². The number of fused-ring (bicyclic) bond motifs is 1. The van der Waals surface area contributed by atoms with Crippen LogP contribution >= 0.6 is 0 Å². The van der Waals surface area contributed by atoms with Crippen LogP contribution in [0.2, 0.25) is 0 Å². The zero-order valence-corrected chi connectivity index (χ0v) is 12.8. The maximum atomic E-state index is 12.1. The Morgan fingerprint density at radius 3 is 2.95 bits per heavy atom. The first-order chi connectivity index (χ1) is 10.1. The van der Waals surface area contributed by atoms with Crippen LogP contribution in [-0.2, 0) is 7.05 Å². The van der Waals surface area contributed by atoms with E-state index in [9.17, 15) is 4.79 Å². The van der Waals surface area contributed by atoms with Crippen molar-refractivity contribution in [3.8, 4) is 0 Å². The Hall–Kier alpha value is -1.81. The lowest BCUT2D eigenvalue weighted by Gasteiger charge is -2.34. The fourth-order valence-corrected chi connectivity index (χ4v) is 3.14. The summed E-state index contributed by atoms with van der Waals surface area (Å²) >= 11 is 0. The van der Waals surface area contributed by atoms with Crippen LogP contribution in [0.25, 0.3) is 10.9 Å². The van der Waals surface area contributed by atoms with Gasteiger partial charge in [0.2, 0.25) is 0 Å². The minimum Gasteiger partial charge on any atom is -0.384 e. The van der Waals surface area contributed by atoms with Gasteiger partial charge < -0.3 is 15.2 Å². The molecule has 0 radical (unpaired) electrons. The van der Waals surface area contributed by atoms with Crippen LogP contribution in [0.15, 0.2) is 35.1 Å². The highest BCUT2D eigenvalue weighted by atomic mass is 16.1. The third kappa shape index (κ3) is 2.81. The highest BCUT2D eigenvalue weighted by Gasteiger charge is 2.26. The van der Waals surface area contributed by atoms with Gasteiger partial charge in [0, 0.05) is 37.3 Å². The lowest BCUT2D eigenvalue weighted by Crippen LogP contribution is -2.42. The average molecular weight is 285 g/mol. The predicted molar refractivity (Wildman–Crippen MR) is 87.9 cm³/mol. The number of benzene rings is 1. The molecule has 0 bridgehead atoms. The molecule has 4 nitrogen and oxygen atoms in total. The van der Waals surface area contributed by atoms with Gasteiger partial charge in [0.1, 0.15) is 0 Å². The van der Waals surface area contributed by atoms with Crippen molar-refractivity contribution in [3.05, 3.63) is 40.7 Å². The topological polar surface area (TPSA) is 46.1 Å². The van der Waals surface area contributed by atoms with Gasteiger partial charge in [-0.3, -0.25) is 4.79 Å². The van der Waals surface area contributed by atoms with Gasteiger partial charge in [0.25, 0.3) is 5.56 Å². The number of pyridine rings is 1. The van der Waals surface area contributed by atoms with Crippen molar-refractivity contribution in [2.75, 3.05) is 25.0 Å². The second-order valence-corrected chi connectivity index (χ2v) is 6.42. The van der Waals surface area contributed by atoms with Gasteiger partial charge in [0.05, 0.1) is 5.52 Å². The number of aromatic nitrogens is 1. The van der Waals surface area contributed by atoms with Crippen LogP contribution in [-0.4, -0.2) is 24.2 Å². The first-order valence-corrected chi connectivity index (χ1v) is 7.62. The molecule has 2 N–H and O–H groups in total. The van der Waals surface area contributed by atoms with Crippen molar-refractivity contribution in [2.24, 2.45) is 12.5 Å². The Morgan fingerprint density at radius 2 is 2.19 bits per heavy atom. The van der Waals surface area contributed by atoms with Gasteiger partial charge in [-0.2, -0.15) is 0 Å². The number of nitrogens with one attached hydrogen (secondary N) is 2. The van der Waals surface area contributed by atoms with E-state index in [1.165, 1.54) is 12.8 Å². The smallest absolute Gasteiger partial charge is 0.252 e. The SMILES string of the molecule is Cn1c(=O)cc(NCC2(C)CCCNC2)c2ccccc21. The molecule has 1 unspecified atom stereocenters. The van der Waals surface area contributed by atoms with E-state index in [1.54, 1.807) is 10.6 Å². The van der Waals surface area contributed by atoms with Crippen molar-refractivity contribution in [1.29, 1.82) is 0 Å². The Morgan fingerprint density at radius 1 is 1.38 bits per heavy atom. The second-order valence-electron chi connectivity index (χ2n) is 6.42. The van der Waals surface area contributed by atoms with E-state index in [4.69, 9.17) is 0 Å². The molecule has 1 aromatic carbocycles. The molecule has 0 spiro atoms. The van der Waals surface area contributed by atoms with E-state index in [0.29, 0.717) is 0 Å². The molecular formula is C17H23N3O.